The van der Waals surface area contributed by atoms with Crippen LogP contribution in [0.5, 0.6) is 0 Å². The van der Waals surface area contributed by atoms with Crippen molar-refractivity contribution in [3.05, 3.63) is 23.9 Å². The quantitative estimate of drug-likeness (QED) is 0.717. The molecule has 2 N–H and O–H groups in total. The zero-order valence-corrected chi connectivity index (χ0v) is 10.8. The first-order valence-corrected chi connectivity index (χ1v) is 6.70. The molecule has 0 saturated heterocycles. The Labute approximate surface area is 102 Å². The molecular formula is C12H20N2OS. The number of nitrogens with zero attached hydrogens (tertiary/aromatic N) is 1. The molecule has 0 aromatic carbocycles. The van der Waals surface area contributed by atoms with E-state index in [1.807, 2.05) is 6.07 Å². The molecule has 90 valence electrons. The Morgan fingerprint density at radius 2 is 2.38 bits per heavy atom. The van der Waals surface area contributed by atoms with Crippen molar-refractivity contribution in [1.29, 1.82) is 0 Å². The summed E-state index contributed by atoms with van der Waals surface area (Å²) >= 11 is 1.61. The minimum atomic E-state index is 0.192. The maximum Gasteiger partial charge on any atom is 0.101 e. The molecule has 0 radical (unpaired) electrons. The van der Waals surface area contributed by atoms with E-state index in [4.69, 9.17) is 5.11 Å². The Morgan fingerprint density at radius 1 is 1.56 bits per heavy atom. The minimum absolute atomic E-state index is 0.192. The van der Waals surface area contributed by atoms with Gasteiger partial charge in [-0.05, 0) is 26.0 Å². The molecule has 0 spiro atoms. The van der Waals surface area contributed by atoms with E-state index >= 15 is 0 Å². The van der Waals surface area contributed by atoms with Crippen LogP contribution in [-0.4, -0.2) is 29.0 Å². The van der Waals surface area contributed by atoms with E-state index in [1.165, 1.54) is 5.56 Å². The third-order valence-corrected chi connectivity index (χ3v) is 3.30. The summed E-state index contributed by atoms with van der Waals surface area (Å²) in [6, 6.07) is 4.37. The summed E-state index contributed by atoms with van der Waals surface area (Å²) < 4.78 is 0. The van der Waals surface area contributed by atoms with Gasteiger partial charge in [-0.1, -0.05) is 13.0 Å². The van der Waals surface area contributed by atoms with E-state index < -0.39 is 0 Å². The molecule has 1 aromatic heterocycles. The average Bonchev–Trinajstić information content (AvgIpc) is 2.33. The molecule has 0 aliphatic rings. The summed E-state index contributed by atoms with van der Waals surface area (Å²) in [6.45, 7) is 5.51. The highest BCUT2D eigenvalue weighted by molar-refractivity contribution is 7.99. The van der Waals surface area contributed by atoms with Gasteiger partial charge in [-0.2, -0.15) is 0 Å². The predicted octanol–water partition coefficient (Wildman–Crippen LogP) is 2.23. The van der Waals surface area contributed by atoms with Crippen LogP contribution in [0.15, 0.2) is 23.4 Å². The maximum atomic E-state index is 8.83. The SMILES string of the molecule is CCCNC(C)c1cccnc1SCCO. The van der Waals surface area contributed by atoms with E-state index in [0.717, 1.165) is 18.0 Å². The first kappa shape index (κ1) is 13.5. The lowest BCUT2D eigenvalue weighted by Crippen LogP contribution is -2.20. The van der Waals surface area contributed by atoms with Crippen molar-refractivity contribution >= 4 is 11.8 Å². The number of nitrogens with one attached hydrogen (secondary N) is 1. The van der Waals surface area contributed by atoms with E-state index in [0.29, 0.717) is 11.8 Å². The zero-order valence-electron chi connectivity index (χ0n) is 9.94. The van der Waals surface area contributed by atoms with Crippen LogP contribution in [0.2, 0.25) is 0 Å². The van der Waals surface area contributed by atoms with Gasteiger partial charge < -0.3 is 10.4 Å². The molecule has 0 bridgehead atoms. The first-order valence-electron chi connectivity index (χ1n) is 5.71. The van der Waals surface area contributed by atoms with E-state index in [2.05, 4.69) is 30.2 Å². The molecule has 0 amide bonds. The third kappa shape index (κ3) is 4.12. The summed E-state index contributed by atoms with van der Waals surface area (Å²) in [5.41, 5.74) is 1.22. The molecule has 0 aliphatic heterocycles. The summed E-state index contributed by atoms with van der Waals surface area (Å²) in [5.74, 6) is 0.699. The molecule has 16 heavy (non-hydrogen) atoms. The summed E-state index contributed by atoms with van der Waals surface area (Å²) in [4.78, 5) is 4.36. The zero-order chi connectivity index (χ0) is 11.8. The van der Waals surface area contributed by atoms with Crippen LogP contribution < -0.4 is 5.32 Å². The smallest absolute Gasteiger partial charge is 0.101 e. The fourth-order valence-corrected chi connectivity index (χ4v) is 2.30. The molecule has 1 atom stereocenters. The first-order chi connectivity index (χ1) is 7.79. The molecule has 4 heteroatoms. The molecule has 1 rings (SSSR count). The molecule has 0 aliphatic carbocycles. The average molecular weight is 240 g/mol. The van der Waals surface area contributed by atoms with E-state index in [1.54, 1.807) is 18.0 Å². The Morgan fingerprint density at radius 3 is 3.06 bits per heavy atom. The number of aliphatic hydroxyl groups excluding tert-OH is 1. The van der Waals surface area contributed by atoms with Crippen LogP contribution in [0.1, 0.15) is 31.9 Å². The standard InChI is InChI=1S/C12H20N2OS/c1-3-6-13-10(2)11-5-4-7-14-12(11)16-9-8-15/h4-5,7,10,13,15H,3,6,8-9H2,1-2H3. The predicted molar refractivity (Wildman–Crippen MR) is 68.8 cm³/mol. The van der Waals surface area contributed by atoms with Gasteiger partial charge in [-0.3, -0.25) is 0 Å². The van der Waals surface area contributed by atoms with Gasteiger partial charge >= 0.3 is 0 Å². The molecule has 1 aromatic rings. The molecule has 0 fully saturated rings. The maximum absolute atomic E-state index is 8.83. The summed E-state index contributed by atoms with van der Waals surface area (Å²) in [6.07, 6.45) is 2.93. The normalized spacial score (nSPS) is 12.7. The van der Waals surface area contributed by atoms with Crippen molar-refractivity contribution in [2.45, 2.75) is 31.3 Å². The molecular weight excluding hydrogens is 220 g/mol. The van der Waals surface area contributed by atoms with Gasteiger partial charge in [-0.25, -0.2) is 4.98 Å². The Bertz CT molecular complexity index is 307. The van der Waals surface area contributed by atoms with Gasteiger partial charge in [0.15, 0.2) is 0 Å². The lowest BCUT2D eigenvalue weighted by molar-refractivity contribution is 0.322. The van der Waals surface area contributed by atoms with Crippen molar-refractivity contribution in [2.75, 3.05) is 18.9 Å². The van der Waals surface area contributed by atoms with Crippen LogP contribution in [0, 0.1) is 0 Å². The number of hydrogen-bond acceptors (Lipinski definition) is 4. The van der Waals surface area contributed by atoms with Crippen molar-refractivity contribution in [2.24, 2.45) is 0 Å². The lowest BCUT2D eigenvalue weighted by atomic mass is 10.1. The van der Waals surface area contributed by atoms with Crippen LogP contribution in [0.4, 0.5) is 0 Å². The van der Waals surface area contributed by atoms with Crippen LogP contribution in [-0.2, 0) is 0 Å². The molecule has 3 nitrogen and oxygen atoms in total. The van der Waals surface area contributed by atoms with Gasteiger partial charge in [0.05, 0.1) is 6.61 Å². The van der Waals surface area contributed by atoms with Gasteiger partial charge in [-0.15, -0.1) is 11.8 Å². The fraction of sp³-hybridized carbons (Fsp3) is 0.583. The van der Waals surface area contributed by atoms with Crippen LogP contribution >= 0.6 is 11.8 Å². The van der Waals surface area contributed by atoms with Gasteiger partial charge in [0.1, 0.15) is 5.03 Å². The monoisotopic (exact) mass is 240 g/mol. The highest BCUT2D eigenvalue weighted by Crippen LogP contribution is 2.24. The summed E-state index contributed by atoms with van der Waals surface area (Å²) in [5, 5.41) is 13.3. The van der Waals surface area contributed by atoms with E-state index in [9.17, 15) is 0 Å². The topological polar surface area (TPSA) is 45.2 Å². The number of aliphatic hydroxyl groups is 1. The van der Waals surface area contributed by atoms with Gasteiger partial charge in [0.2, 0.25) is 0 Å². The molecule has 1 unspecified atom stereocenters. The van der Waals surface area contributed by atoms with Gasteiger partial charge in [0.25, 0.3) is 0 Å². The number of aromatic nitrogens is 1. The van der Waals surface area contributed by atoms with E-state index in [-0.39, 0.29) is 6.61 Å². The van der Waals surface area contributed by atoms with Crippen molar-refractivity contribution < 1.29 is 5.11 Å². The number of thioether (sulfide) groups is 1. The number of rotatable bonds is 7. The van der Waals surface area contributed by atoms with Crippen LogP contribution in [0.25, 0.3) is 0 Å². The second-order valence-corrected chi connectivity index (χ2v) is 4.73. The largest absolute Gasteiger partial charge is 0.396 e. The van der Waals surface area contributed by atoms with Crippen LogP contribution in [0.3, 0.4) is 0 Å². The highest BCUT2D eigenvalue weighted by atomic mass is 32.2. The second kappa shape index (κ2) is 7.65. The Hall–Kier alpha value is -0.580. The third-order valence-electron chi connectivity index (χ3n) is 2.30. The summed E-state index contributed by atoms with van der Waals surface area (Å²) in [7, 11) is 0. The number of pyridine rings is 1. The molecule has 1 heterocycles. The highest BCUT2D eigenvalue weighted by Gasteiger charge is 2.10. The van der Waals surface area contributed by atoms with Crippen molar-refractivity contribution in [3.63, 3.8) is 0 Å². The van der Waals surface area contributed by atoms with Gasteiger partial charge in [0, 0.05) is 23.6 Å². The van der Waals surface area contributed by atoms with Crippen molar-refractivity contribution in [3.8, 4) is 0 Å². The fourth-order valence-electron chi connectivity index (χ4n) is 1.47. The second-order valence-electron chi connectivity index (χ2n) is 3.65. The minimum Gasteiger partial charge on any atom is -0.396 e. The lowest BCUT2D eigenvalue weighted by Gasteiger charge is -2.16. The Kier molecular flexibility index (Phi) is 6.45. The Balaban J connectivity index is 2.68. The van der Waals surface area contributed by atoms with Crippen molar-refractivity contribution in [1.82, 2.24) is 10.3 Å². The number of hydrogen-bond donors (Lipinski definition) is 2. The molecule has 0 saturated carbocycles.